The Morgan fingerprint density at radius 3 is 2.58 bits per heavy atom. The second-order valence-electron chi connectivity index (χ2n) is 4.68. The minimum absolute atomic E-state index is 0.796. The van der Waals surface area contributed by atoms with Crippen molar-refractivity contribution in [2.75, 3.05) is 13.6 Å². The molecule has 2 aromatic heterocycles. The molecule has 0 aliphatic rings. The van der Waals surface area contributed by atoms with Gasteiger partial charge in [-0.1, -0.05) is 6.92 Å². The Labute approximate surface area is 114 Å². The fraction of sp³-hybridized carbons (Fsp3) is 0.400. The van der Waals surface area contributed by atoms with Gasteiger partial charge in [0.2, 0.25) is 0 Å². The van der Waals surface area contributed by atoms with Gasteiger partial charge in [0, 0.05) is 18.9 Å². The SMILES string of the molecule is CCNCc1ccc(CN(C)Cc2ccncc2)o1. The van der Waals surface area contributed by atoms with Crippen molar-refractivity contribution < 1.29 is 4.42 Å². The van der Waals surface area contributed by atoms with Crippen LogP contribution in [0.1, 0.15) is 24.0 Å². The summed E-state index contributed by atoms with van der Waals surface area (Å²) in [6.07, 6.45) is 3.65. The number of nitrogens with zero attached hydrogens (tertiary/aromatic N) is 2. The molecule has 0 saturated heterocycles. The molecule has 0 radical (unpaired) electrons. The van der Waals surface area contributed by atoms with Gasteiger partial charge < -0.3 is 9.73 Å². The van der Waals surface area contributed by atoms with Crippen LogP contribution < -0.4 is 5.32 Å². The lowest BCUT2D eigenvalue weighted by atomic mass is 10.2. The van der Waals surface area contributed by atoms with Gasteiger partial charge >= 0.3 is 0 Å². The van der Waals surface area contributed by atoms with E-state index in [-0.39, 0.29) is 0 Å². The molecule has 2 aromatic rings. The average molecular weight is 259 g/mol. The van der Waals surface area contributed by atoms with Crippen LogP contribution in [-0.2, 0) is 19.6 Å². The molecule has 2 rings (SSSR count). The molecule has 4 heteroatoms. The van der Waals surface area contributed by atoms with Gasteiger partial charge in [-0.15, -0.1) is 0 Å². The van der Waals surface area contributed by atoms with Crippen LogP contribution in [0.4, 0.5) is 0 Å². The van der Waals surface area contributed by atoms with Gasteiger partial charge in [-0.05, 0) is 43.4 Å². The summed E-state index contributed by atoms with van der Waals surface area (Å²) in [5, 5.41) is 3.26. The number of furan rings is 1. The smallest absolute Gasteiger partial charge is 0.118 e. The summed E-state index contributed by atoms with van der Waals surface area (Å²) in [6, 6.07) is 8.17. The highest BCUT2D eigenvalue weighted by atomic mass is 16.3. The van der Waals surface area contributed by atoms with Crippen LogP contribution in [0.3, 0.4) is 0 Å². The minimum Gasteiger partial charge on any atom is -0.463 e. The Hall–Kier alpha value is -1.65. The van der Waals surface area contributed by atoms with E-state index in [2.05, 4.69) is 35.2 Å². The van der Waals surface area contributed by atoms with Crippen molar-refractivity contribution in [3.63, 3.8) is 0 Å². The normalized spacial score (nSPS) is 11.1. The van der Waals surface area contributed by atoms with Crippen molar-refractivity contribution in [2.24, 2.45) is 0 Å². The van der Waals surface area contributed by atoms with E-state index in [1.807, 2.05) is 30.6 Å². The Balaban J connectivity index is 1.85. The zero-order valence-electron chi connectivity index (χ0n) is 11.6. The number of pyridine rings is 1. The van der Waals surface area contributed by atoms with Crippen LogP contribution in [0, 0.1) is 0 Å². The number of hydrogen-bond acceptors (Lipinski definition) is 4. The van der Waals surface area contributed by atoms with Gasteiger partial charge in [-0.2, -0.15) is 0 Å². The molecule has 0 bridgehead atoms. The van der Waals surface area contributed by atoms with Gasteiger partial charge in [-0.3, -0.25) is 9.88 Å². The summed E-state index contributed by atoms with van der Waals surface area (Å²) in [7, 11) is 2.09. The zero-order valence-corrected chi connectivity index (χ0v) is 11.6. The largest absolute Gasteiger partial charge is 0.463 e. The van der Waals surface area contributed by atoms with Crippen molar-refractivity contribution >= 4 is 0 Å². The fourth-order valence-electron chi connectivity index (χ4n) is 1.97. The van der Waals surface area contributed by atoms with Crippen molar-refractivity contribution in [1.29, 1.82) is 0 Å². The lowest BCUT2D eigenvalue weighted by molar-refractivity contribution is 0.282. The molecule has 0 amide bonds. The van der Waals surface area contributed by atoms with Crippen LogP contribution in [0.15, 0.2) is 41.1 Å². The van der Waals surface area contributed by atoms with Gasteiger partial charge in [0.1, 0.15) is 11.5 Å². The zero-order chi connectivity index (χ0) is 13.5. The third-order valence-electron chi connectivity index (χ3n) is 2.89. The number of rotatable bonds is 7. The van der Waals surface area contributed by atoms with E-state index in [1.54, 1.807) is 0 Å². The van der Waals surface area contributed by atoms with Crippen molar-refractivity contribution in [1.82, 2.24) is 15.2 Å². The first-order chi connectivity index (χ1) is 9.28. The van der Waals surface area contributed by atoms with E-state index in [0.717, 1.165) is 37.7 Å². The maximum Gasteiger partial charge on any atom is 0.118 e. The summed E-state index contributed by atoms with van der Waals surface area (Å²) in [4.78, 5) is 6.25. The summed E-state index contributed by atoms with van der Waals surface area (Å²) in [5.41, 5.74) is 1.26. The molecule has 0 fully saturated rings. The van der Waals surface area contributed by atoms with E-state index < -0.39 is 0 Å². The molecule has 2 heterocycles. The molecule has 0 aliphatic carbocycles. The lowest BCUT2D eigenvalue weighted by Crippen LogP contribution is -2.16. The summed E-state index contributed by atoms with van der Waals surface area (Å²) in [5.74, 6) is 2.00. The van der Waals surface area contributed by atoms with Crippen molar-refractivity contribution in [3.05, 3.63) is 53.7 Å². The van der Waals surface area contributed by atoms with Crippen LogP contribution in [0.2, 0.25) is 0 Å². The molecule has 19 heavy (non-hydrogen) atoms. The van der Waals surface area contributed by atoms with Crippen LogP contribution in [0.5, 0.6) is 0 Å². The third-order valence-corrected chi connectivity index (χ3v) is 2.89. The predicted molar refractivity (Wildman–Crippen MR) is 75.5 cm³/mol. The van der Waals surface area contributed by atoms with Crippen LogP contribution in [-0.4, -0.2) is 23.5 Å². The van der Waals surface area contributed by atoms with Crippen LogP contribution in [0.25, 0.3) is 0 Å². The van der Waals surface area contributed by atoms with Gasteiger partial charge in [0.25, 0.3) is 0 Å². The number of aromatic nitrogens is 1. The Morgan fingerprint density at radius 1 is 1.11 bits per heavy atom. The maximum absolute atomic E-state index is 5.78. The molecule has 0 atom stereocenters. The average Bonchev–Trinajstić information content (AvgIpc) is 2.85. The Bertz CT molecular complexity index is 481. The van der Waals surface area contributed by atoms with Gasteiger partial charge in [0.05, 0.1) is 13.1 Å². The minimum atomic E-state index is 0.796. The third kappa shape index (κ3) is 4.50. The first-order valence-electron chi connectivity index (χ1n) is 6.63. The summed E-state index contributed by atoms with van der Waals surface area (Å²) in [6.45, 7) is 5.55. The molecule has 102 valence electrons. The van der Waals surface area contributed by atoms with Crippen molar-refractivity contribution in [3.8, 4) is 0 Å². The summed E-state index contributed by atoms with van der Waals surface area (Å²) >= 11 is 0. The van der Waals surface area contributed by atoms with Gasteiger partial charge in [-0.25, -0.2) is 0 Å². The molecule has 0 aliphatic heterocycles. The fourth-order valence-corrected chi connectivity index (χ4v) is 1.97. The molecule has 0 spiro atoms. The van der Waals surface area contributed by atoms with E-state index in [9.17, 15) is 0 Å². The second kappa shape index (κ2) is 7.07. The Morgan fingerprint density at radius 2 is 1.84 bits per heavy atom. The number of nitrogens with one attached hydrogen (secondary N) is 1. The molecule has 0 unspecified atom stereocenters. The molecule has 1 N–H and O–H groups in total. The predicted octanol–water partition coefficient (Wildman–Crippen LogP) is 2.42. The first-order valence-corrected chi connectivity index (χ1v) is 6.63. The molecular formula is C15H21N3O. The maximum atomic E-state index is 5.78. The highest BCUT2D eigenvalue weighted by Crippen LogP contribution is 2.11. The highest BCUT2D eigenvalue weighted by Gasteiger charge is 2.06. The van der Waals surface area contributed by atoms with E-state index >= 15 is 0 Å². The second-order valence-corrected chi connectivity index (χ2v) is 4.68. The Kier molecular flexibility index (Phi) is 5.12. The molecule has 0 aromatic carbocycles. The molecule has 0 saturated carbocycles. The monoisotopic (exact) mass is 259 g/mol. The molecular weight excluding hydrogens is 238 g/mol. The van der Waals surface area contributed by atoms with E-state index in [0.29, 0.717) is 0 Å². The topological polar surface area (TPSA) is 41.3 Å². The quantitative estimate of drug-likeness (QED) is 0.829. The highest BCUT2D eigenvalue weighted by molar-refractivity contribution is 5.10. The van der Waals surface area contributed by atoms with Gasteiger partial charge in [0.15, 0.2) is 0 Å². The molecule has 4 nitrogen and oxygen atoms in total. The standard InChI is InChI=1S/C15H21N3O/c1-3-16-10-14-4-5-15(19-14)12-18(2)11-13-6-8-17-9-7-13/h4-9,16H,3,10-12H2,1-2H3. The lowest BCUT2D eigenvalue weighted by Gasteiger charge is -2.14. The summed E-state index contributed by atoms with van der Waals surface area (Å²) < 4.78 is 5.78. The van der Waals surface area contributed by atoms with Crippen molar-refractivity contribution in [2.45, 2.75) is 26.6 Å². The first kappa shape index (κ1) is 13.8. The van der Waals surface area contributed by atoms with Crippen LogP contribution >= 0.6 is 0 Å². The van der Waals surface area contributed by atoms with E-state index in [1.165, 1.54) is 5.56 Å². The number of hydrogen-bond donors (Lipinski definition) is 1. The van der Waals surface area contributed by atoms with E-state index in [4.69, 9.17) is 4.42 Å².